The van der Waals surface area contributed by atoms with Crippen molar-refractivity contribution in [3.63, 3.8) is 0 Å². The van der Waals surface area contributed by atoms with E-state index in [0.29, 0.717) is 17.8 Å². The molecule has 4 saturated carbocycles. The zero-order valence-corrected chi connectivity index (χ0v) is 21.3. The molecule has 196 valence electrons. The largest absolute Gasteiger partial charge is 0.380 e. The fourth-order valence-electron chi connectivity index (χ4n) is 8.00. The van der Waals surface area contributed by atoms with Crippen LogP contribution in [-0.2, 0) is 22.7 Å². The molecule has 38 heavy (non-hydrogen) atoms. The van der Waals surface area contributed by atoms with E-state index in [2.05, 4.69) is 40.2 Å². The van der Waals surface area contributed by atoms with E-state index in [9.17, 15) is 19.2 Å². The van der Waals surface area contributed by atoms with Gasteiger partial charge >= 0.3 is 0 Å². The molecule has 0 spiro atoms. The fraction of sp³-hybridized carbons (Fsp3) is 0.467. The van der Waals surface area contributed by atoms with Gasteiger partial charge in [-0.15, -0.1) is 0 Å². The molecule has 0 aromatic heterocycles. The van der Waals surface area contributed by atoms with Gasteiger partial charge in [0.2, 0.25) is 11.8 Å². The molecule has 0 radical (unpaired) electrons. The van der Waals surface area contributed by atoms with Crippen molar-refractivity contribution in [3.05, 3.63) is 64.7 Å². The molecule has 2 aliphatic heterocycles. The van der Waals surface area contributed by atoms with Gasteiger partial charge in [0.1, 0.15) is 6.04 Å². The summed E-state index contributed by atoms with van der Waals surface area (Å²) < 4.78 is 0. The van der Waals surface area contributed by atoms with E-state index in [1.807, 2.05) is 0 Å². The third-order valence-electron chi connectivity index (χ3n) is 9.61. The molecule has 3 N–H and O–H groups in total. The van der Waals surface area contributed by atoms with Gasteiger partial charge in [-0.05, 0) is 79.5 Å². The number of hydrogen-bond donors (Lipinski definition) is 3. The first-order chi connectivity index (χ1) is 18.4. The molecule has 8 rings (SSSR count). The van der Waals surface area contributed by atoms with Crippen molar-refractivity contribution in [2.75, 3.05) is 5.32 Å². The number of nitrogens with one attached hydrogen (secondary N) is 3. The van der Waals surface area contributed by atoms with Crippen LogP contribution in [0, 0.1) is 17.8 Å². The number of anilines is 1. The third-order valence-corrected chi connectivity index (χ3v) is 9.61. The van der Waals surface area contributed by atoms with Crippen LogP contribution < -0.4 is 16.0 Å². The minimum atomic E-state index is -0.969. The Balaban J connectivity index is 1.01. The number of rotatable bonds is 7. The Kier molecular flexibility index (Phi) is 5.44. The van der Waals surface area contributed by atoms with E-state index in [0.717, 1.165) is 34.8 Å². The Labute approximate surface area is 221 Å². The molecule has 4 amide bonds. The van der Waals surface area contributed by atoms with Crippen molar-refractivity contribution in [3.8, 4) is 0 Å². The summed E-state index contributed by atoms with van der Waals surface area (Å²) >= 11 is 0. The van der Waals surface area contributed by atoms with Crippen molar-refractivity contribution in [2.24, 2.45) is 17.8 Å². The number of hydrogen-bond acceptors (Lipinski definition) is 6. The second kappa shape index (κ2) is 8.76. The first-order valence-corrected chi connectivity index (χ1v) is 13.8. The van der Waals surface area contributed by atoms with Crippen LogP contribution in [0.2, 0.25) is 0 Å². The molecule has 4 aliphatic carbocycles. The number of nitrogens with zero attached hydrogens (tertiary/aromatic N) is 1. The van der Waals surface area contributed by atoms with Gasteiger partial charge in [-0.2, -0.15) is 0 Å². The van der Waals surface area contributed by atoms with Crippen LogP contribution in [0.5, 0.6) is 0 Å². The molecule has 8 heteroatoms. The molecule has 3 unspecified atom stereocenters. The van der Waals surface area contributed by atoms with Gasteiger partial charge in [-0.25, -0.2) is 0 Å². The van der Waals surface area contributed by atoms with Gasteiger partial charge in [0.05, 0.1) is 11.1 Å². The van der Waals surface area contributed by atoms with E-state index < -0.39 is 23.8 Å². The topological polar surface area (TPSA) is 108 Å². The van der Waals surface area contributed by atoms with Crippen molar-refractivity contribution < 1.29 is 19.2 Å². The van der Waals surface area contributed by atoms with E-state index in [-0.39, 0.29) is 29.9 Å². The highest BCUT2D eigenvalue weighted by molar-refractivity contribution is 6.25. The number of fused-ring (bicyclic) bond motifs is 1. The average molecular weight is 513 g/mol. The molecule has 3 atom stereocenters. The number of imide groups is 2. The molecule has 2 heterocycles. The number of carbonyl (C=O) groups is 4. The van der Waals surface area contributed by atoms with Crippen molar-refractivity contribution in [1.82, 2.24) is 15.5 Å². The lowest BCUT2D eigenvalue weighted by Gasteiger charge is -2.34. The summed E-state index contributed by atoms with van der Waals surface area (Å²) in [4.78, 5) is 51.2. The maximum Gasteiger partial charge on any atom is 0.264 e. The first kappa shape index (κ1) is 23.6. The Bertz CT molecular complexity index is 1340. The highest BCUT2D eigenvalue weighted by Gasteiger charge is 2.57. The summed E-state index contributed by atoms with van der Waals surface area (Å²) in [7, 11) is 0. The normalized spacial score (nSPS) is 31.2. The van der Waals surface area contributed by atoms with Crippen LogP contribution in [0.25, 0.3) is 0 Å². The SMILES string of the molecule is O=C1CCC(N2C(=O)c3cccc(NCc4ccc(CNC56CC7CC(CC5C7)C6)cc4)c3C2=O)C(=O)N1. The van der Waals surface area contributed by atoms with Crippen LogP contribution in [0.1, 0.15) is 76.8 Å². The van der Waals surface area contributed by atoms with E-state index >= 15 is 0 Å². The van der Waals surface area contributed by atoms with Gasteiger partial charge in [-0.1, -0.05) is 30.3 Å². The van der Waals surface area contributed by atoms with Crippen molar-refractivity contribution in [2.45, 2.75) is 69.6 Å². The Morgan fingerprint density at radius 1 is 0.868 bits per heavy atom. The maximum atomic E-state index is 13.3. The second-order valence-electron chi connectivity index (χ2n) is 11.9. The minimum absolute atomic E-state index is 0.100. The molecule has 4 bridgehead atoms. The number of carbonyl (C=O) groups excluding carboxylic acids is 4. The first-order valence-electron chi connectivity index (χ1n) is 13.8. The van der Waals surface area contributed by atoms with E-state index in [4.69, 9.17) is 0 Å². The summed E-state index contributed by atoms with van der Waals surface area (Å²) in [6.45, 7) is 1.39. The highest BCUT2D eigenvalue weighted by atomic mass is 16.2. The molecule has 1 saturated heterocycles. The van der Waals surface area contributed by atoms with E-state index in [1.54, 1.807) is 18.2 Å². The molecule has 2 aromatic carbocycles. The minimum Gasteiger partial charge on any atom is -0.380 e. The van der Waals surface area contributed by atoms with Gasteiger partial charge in [-0.3, -0.25) is 29.4 Å². The molecule has 6 aliphatic rings. The molecule has 5 fully saturated rings. The number of benzene rings is 2. The van der Waals surface area contributed by atoms with E-state index in [1.165, 1.54) is 37.7 Å². The lowest BCUT2D eigenvalue weighted by molar-refractivity contribution is -0.136. The lowest BCUT2D eigenvalue weighted by Crippen LogP contribution is -2.54. The Morgan fingerprint density at radius 3 is 2.29 bits per heavy atom. The molecule has 2 aromatic rings. The summed E-state index contributed by atoms with van der Waals surface area (Å²) in [6, 6.07) is 12.7. The predicted octanol–water partition coefficient (Wildman–Crippen LogP) is 3.37. The zero-order valence-electron chi connectivity index (χ0n) is 21.3. The van der Waals surface area contributed by atoms with Crippen LogP contribution in [0.15, 0.2) is 42.5 Å². The summed E-state index contributed by atoms with van der Waals surface area (Å²) in [5.74, 6) is 0.749. The second-order valence-corrected chi connectivity index (χ2v) is 11.9. The van der Waals surface area contributed by atoms with Crippen molar-refractivity contribution in [1.29, 1.82) is 0 Å². The van der Waals surface area contributed by atoms with Crippen LogP contribution >= 0.6 is 0 Å². The monoisotopic (exact) mass is 512 g/mol. The fourth-order valence-corrected chi connectivity index (χ4v) is 8.00. The standard InChI is InChI=1S/C30H32N4O4/c35-25-9-8-24(27(36)33-25)34-28(37)22-2-1-3-23(26(22)29(34)38)31-15-17-4-6-18(7-5-17)16-32-30-13-19-10-20(14-30)12-21(30)11-19/h1-7,19-21,24,31-32H,8-16H2,(H,33,35,36). The van der Waals surface area contributed by atoms with Crippen LogP contribution in [-0.4, -0.2) is 40.1 Å². The summed E-state index contributed by atoms with van der Waals surface area (Å²) in [6.07, 6.45) is 7.21. The molecule has 8 nitrogen and oxygen atoms in total. The number of piperidine rings is 1. The number of amides is 4. The quantitative estimate of drug-likeness (QED) is 0.491. The predicted molar refractivity (Wildman–Crippen MR) is 140 cm³/mol. The Hall–Kier alpha value is -3.52. The van der Waals surface area contributed by atoms with Gasteiger partial charge in [0, 0.05) is 30.7 Å². The lowest BCUT2D eigenvalue weighted by atomic mass is 9.80. The average Bonchev–Trinajstić information content (AvgIpc) is 3.41. The van der Waals surface area contributed by atoms with Gasteiger partial charge in [0.15, 0.2) is 0 Å². The summed E-state index contributed by atoms with van der Waals surface area (Å²) in [5.41, 5.74) is 3.84. The van der Waals surface area contributed by atoms with Crippen molar-refractivity contribution >= 4 is 29.3 Å². The highest BCUT2D eigenvalue weighted by Crippen LogP contribution is 2.60. The smallest absolute Gasteiger partial charge is 0.264 e. The molecular weight excluding hydrogens is 480 g/mol. The summed E-state index contributed by atoms with van der Waals surface area (Å²) in [5, 5.41) is 9.50. The van der Waals surface area contributed by atoms with Gasteiger partial charge < -0.3 is 10.6 Å². The zero-order chi connectivity index (χ0) is 26.0. The third kappa shape index (κ3) is 3.76. The Morgan fingerprint density at radius 2 is 1.58 bits per heavy atom. The molecular formula is C30H32N4O4. The van der Waals surface area contributed by atoms with Gasteiger partial charge in [0.25, 0.3) is 11.8 Å². The van der Waals surface area contributed by atoms with Crippen LogP contribution in [0.3, 0.4) is 0 Å². The maximum absolute atomic E-state index is 13.3. The van der Waals surface area contributed by atoms with Crippen LogP contribution in [0.4, 0.5) is 5.69 Å².